The van der Waals surface area contributed by atoms with Gasteiger partial charge in [-0.3, -0.25) is 9.52 Å². The molecule has 0 bridgehead atoms. The summed E-state index contributed by atoms with van der Waals surface area (Å²) in [4.78, 5) is 12.4. The van der Waals surface area contributed by atoms with E-state index in [-0.39, 0.29) is 10.8 Å². The van der Waals surface area contributed by atoms with Crippen LogP contribution in [0.2, 0.25) is 0 Å². The molecule has 0 aliphatic heterocycles. The lowest BCUT2D eigenvalue weighted by atomic mass is 10.2. The molecule has 3 rings (SSSR count). The van der Waals surface area contributed by atoms with Crippen molar-refractivity contribution in [2.45, 2.75) is 11.8 Å². The number of carbonyl (C=O) groups excluding carboxylic acids is 1. The molecule has 2 N–H and O–H groups in total. The second-order valence-corrected chi connectivity index (χ2v) is 7.86. The average molecular weight is 396 g/mol. The summed E-state index contributed by atoms with van der Waals surface area (Å²) < 4.78 is 32.4. The lowest BCUT2D eigenvalue weighted by molar-refractivity contribution is 0.102. The number of amides is 1. The Labute approximate surface area is 164 Å². The summed E-state index contributed by atoms with van der Waals surface area (Å²) in [5.74, 6) is 0.302. The van der Waals surface area contributed by atoms with Crippen molar-refractivity contribution in [2.24, 2.45) is 0 Å². The van der Waals surface area contributed by atoms with Crippen LogP contribution in [0.5, 0.6) is 5.75 Å². The molecule has 6 nitrogen and oxygen atoms in total. The minimum Gasteiger partial charge on any atom is -0.497 e. The smallest absolute Gasteiger partial charge is 0.261 e. The van der Waals surface area contributed by atoms with Gasteiger partial charge < -0.3 is 10.1 Å². The second kappa shape index (κ2) is 8.14. The molecule has 0 saturated carbocycles. The van der Waals surface area contributed by atoms with Gasteiger partial charge in [0.2, 0.25) is 0 Å². The van der Waals surface area contributed by atoms with Crippen LogP contribution < -0.4 is 14.8 Å². The Morgan fingerprint density at radius 3 is 1.96 bits per heavy atom. The molecule has 0 atom stereocenters. The fraction of sp³-hybridized carbons (Fsp3) is 0.0952. The molecule has 0 spiro atoms. The van der Waals surface area contributed by atoms with Crippen molar-refractivity contribution in [2.75, 3.05) is 17.1 Å². The predicted molar refractivity (Wildman–Crippen MR) is 109 cm³/mol. The van der Waals surface area contributed by atoms with E-state index >= 15 is 0 Å². The number of hydrogen-bond donors (Lipinski definition) is 2. The molecule has 7 heteroatoms. The summed E-state index contributed by atoms with van der Waals surface area (Å²) in [7, 11) is -2.22. The van der Waals surface area contributed by atoms with Crippen molar-refractivity contribution in [3.05, 3.63) is 83.9 Å². The van der Waals surface area contributed by atoms with Crippen LogP contribution in [0.3, 0.4) is 0 Å². The maximum Gasteiger partial charge on any atom is 0.261 e. The van der Waals surface area contributed by atoms with E-state index in [0.717, 1.165) is 5.56 Å². The molecule has 0 aliphatic carbocycles. The van der Waals surface area contributed by atoms with Gasteiger partial charge in [-0.1, -0.05) is 17.7 Å². The Morgan fingerprint density at radius 2 is 1.39 bits per heavy atom. The molecule has 28 heavy (non-hydrogen) atoms. The molecule has 0 unspecified atom stereocenters. The number of nitrogens with one attached hydrogen (secondary N) is 2. The zero-order chi connectivity index (χ0) is 20.1. The number of sulfonamides is 1. The molecule has 3 aromatic carbocycles. The lowest BCUT2D eigenvalue weighted by Gasteiger charge is -2.10. The van der Waals surface area contributed by atoms with E-state index in [0.29, 0.717) is 22.7 Å². The van der Waals surface area contributed by atoms with Gasteiger partial charge in [0.25, 0.3) is 15.9 Å². The molecule has 3 aromatic rings. The van der Waals surface area contributed by atoms with Gasteiger partial charge in [0.05, 0.1) is 12.0 Å². The molecule has 0 saturated heterocycles. The highest BCUT2D eigenvalue weighted by molar-refractivity contribution is 7.92. The van der Waals surface area contributed by atoms with Crippen LogP contribution in [-0.4, -0.2) is 21.4 Å². The first-order chi connectivity index (χ1) is 13.4. The summed E-state index contributed by atoms with van der Waals surface area (Å²) in [6.45, 7) is 1.97. The third-order valence-corrected chi connectivity index (χ3v) is 5.48. The van der Waals surface area contributed by atoms with Gasteiger partial charge in [0.15, 0.2) is 0 Å². The van der Waals surface area contributed by atoms with Crippen molar-refractivity contribution in [3.63, 3.8) is 0 Å². The Kier molecular flexibility index (Phi) is 5.65. The Morgan fingerprint density at radius 1 is 0.821 bits per heavy atom. The Hall–Kier alpha value is -3.32. The number of benzene rings is 3. The number of aryl methyl sites for hydroxylation is 1. The number of methoxy groups -OCH3 is 1. The Balaban J connectivity index is 1.69. The zero-order valence-corrected chi connectivity index (χ0v) is 16.3. The largest absolute Gasteiger partial charge is 0.497 e. The maximum atomic E-state index is 12.5. The van der Waals surface area contributed by atoms with Gasteiger partial charge in [-0.25, -0.2) is 8.42 Å². The van der Waals surface area contributed by atoms with Crippen LogP contribution in [0.25, 0.3) is 0 Å². The van der Waals surface area contributed by atoms with Crippen molar-refractivity contribution >= 4 is 27.3 Å². The van der Waals surface area contributed by atoms with Gasteiger partial charge in [-0.2, -0.15) is 0 Å². The maximum absolute atomic E-state index is 12.5. The predicted octanol–water partition coefficient (Wildman–Crippen LogP) is 4.06. The van der Waals surface area contributed by atoms with Crippen molar-refractivity contribution in [1.82, 2.24) is 0 Å². The topological polar surface area (TPSA) is 84.5 Å². The molecule has 0 aliphatic rings. The quantitative estimate of drug-likeness (QED) is 0.658. The van der Waals surface area contributed by atoms with Crippen LogP contribution in [0.15, 0.2) is 77.7 Å². The van der Waals surface area contributed by atoms with Gasteiger partial charge in [0, 0.05) is 16.9 Å². The van der Waals surface area contributed by atoms with Gasteiger partial charge in [-0.05, 0) is 67.6 Å². The summed E-state index contributed by atoms with van der Waals surface area (Å²) in [5.41, 5.74) is 2.59. The summed E-state index contributed by atoms with van der Waals surface area (Å²) in [6.07, 6.45) is 0. The molecule has 0 aromatic heterocycles. The average Bonchev–Trinajstić information content (AvgIpc) is 2.70. The number of carbonyl (C=O) groups is 1. The van der Waals surface area contributed by atoms with E-state index in [1.807, 2.05) is 31.2 Å². The SMILES string of the molecule is COc1ccc(S(=O)(=O)Nc2ccc(C(=O)Nc3ccc(C)cc3)cc2)cc1. The zero-order valence-electron chi connectivity index (χ0n) is 15.5. The molecule has 0 heterocycles. The normalized spacial score (nSPS) is 10.9. The van der Waals surface area contributed by atoms with Crippen LogP contribution in [-0.2, 0) is 10.0 Å². The second-order valence-electron chi connectivity index (χ2n) is 6.18. The summed E-state index contributed by atoms with van der Waals surface area (Å²) in [5, 5.41) is 2.80. The molecule has 1 amide bonds. The molecular formula is C21H20N2O4S. The number of ether oxygens (including phenoxy) is 1. The van der Waals surface area contributed by atoms with E-state index in [1.165, 1.54) is 19.2 Å². The third kappa shape index (κ3) is 4.69. The molecular weight excluding hydrogens is 376 g/mol. The summed E-state index contributed by atoms with van der Waals surface area (Å²) in [6, 6.07) is 19.8. The van der Waals surface area contributed by atoms with E-state index < -0.39 is 10.0 Å². The van der Waals surface area contributed by atoms with E-state index in [9.17, 15) is 13.2 Å². The summed E-state index contributed by atoms with van der Waals surface area (Å²) >= 11 is 0. The van der Waals surface area contributed by atoms with Crippen molar-refractivity contribution < 1.29 is 17.9 Å². The van der Waals surface area contributed by atoms with E-state index in [4.69, 9.17) is 4.74 Å². The number of hydrogen-bond acceptors (Lipinski definition) is 4. The number of anilines is 2. The van der Waals surface area contributed by atoms with Gasteiger partial charge in [0.1, 0.15) is 5.75 Å². The fourth-order valence-corrected chi connectivity index (χ4v) is 3.56. The van der Waals surface area contributed by atoms with Crippen LogP contribution in [0, 0.1) is 6.92 Å². The first-order valence-corrected chi connectivity index (χ1v) is 10.0. The highest BCUT2D eigenvalue weighted by Gasteiger charge is 2.14. The minimum atomic E-state index is -3.73. The molecule has 0 fully saturated rings. The minimum absolute atomic E-state index is 0.120. The fourth-order valence-electron chi connectivity index (χ4n) is 2.50. The first-order valence-electron chi connectivity index (χ1n) is 8.52. The lowest BCUT2D eigenvalue weighted by Crippen LogP contribution is -2.14. The first kappa shape index (κ1) is 19.4. The standard InChI is InChI=1S/C21H20N2O4S/c1-15-3-7-17(8-4-15)22-21(24)16-5-9-18(10-6-16)23-28(25,26)20-13-11-19(27-2)12-14-20/h3-14,23H,1-2H3,(H,22,24). The van der Waals surface area contributed by atoms with Crippen molar-refractivity contribution in [3.8, 4) is 5.75 Å². The van der Waals surface area contributed by atoms with Gasteiger partial charge >= 0.3 is 0 Å². The van der Waals surface area contributed by atoms with E-state index in [2.05, 4.69) is 10.0 Å². The molecule has 144 valence electrons. The highest BCUT2D eigenvalue weighted by Crippen LogP contribution is 2.20. The van der Waals surface area contributed by atoms with Crippen LogP contribution >= 0.6 is 0 Å². The monoisotopic (exact) mass is 396 g/mol. The van der Waals surface area contributed by atoms with E-state index in [1.54, 1.807) is 36.4 Å². The third-order valence-electron chi connectivity index (χ3n) is 4.08. The van der Waals surface area contributed by atoms with Crippen LogP contribution in [0.4, 0.5) is 11.4 Å². The molecule has 0 radical (unpaired) electrons. The Bertz CT molecular complexity index is 1060. The number of rotatable bonds is 6. The van der Waals surface area contributed by atoms with Crippen LogP contribution in [0.1, 0.15) is 15.9 Å². The van der Waals surface area contributed by atoms with Gasteiger partial charge in [-0.15, -0.1) is 0 Å². The highest BCUT2D eigenvalue weighted by atomic mass is 32.2. The van der Waals surface area contributed by atoms with Crippen molar-refractivity contribution in [1.29, 1.82) is 0 Å².